The van der Waals surface area contributed by atoms with Crippen molar-refractivity contribution in [3.8, 4) is 11.5 Å². The van der Waals surface area contributed by atoms with Crippen molar-refractivity contribution in [3.05, 3.63) is 69.7 Å². The highest BCUT2D eigenvalue weighted by Crippen LogP contribution is 2.31. The maximum atomic E-state index is 12.6. The van der Waals surface area contributed by atoms with Crippen LogP contribution in [0.25, 0.3) is 0 Å². The third kappa shape index (κ3) is 4.15. The molecule has 0 aliphatic heterocycles. The number of para-hydroxylation sites is 1. The number of aromatic nitrogens is 1. The number of hydrogen-bond donors (Lipinski definition) is 1. The number of carbonyl (C=O) groups excluding carboxylic acids is 1. The molecule has 0 saturated heterocycles. The van der Waals surface area contributed by atoms with E-state index in [0.29, 0.717) is 33.6 Å². The van der Waals surface area contributed by atoms with Gasteiger partial charge >= 0.3 is 0 Å². The van der Waals surface area contributed by atoms with Crippen LogP contribution in [-0.4, -0.2) is 25.1 Å². The molecule has 3 rings (SSSR count). The molecule has 1 N–H and O–H groups in total. The van der Waals surface area contributed by atoms with Gasteiger partial charge in [0.05, 0.1) is 19.8 Å². The summed E-state index contributed by atoms with van der Waals surface area (Å²) in [6.07, 6.45) is 2.46. The van der Waals surface area contributed by atoms with E-state index in [1.165, 1.54) is 25.6 Å². The Morgan fingerprint density at radius 3 is 2.73 bits per heavy atom. The number of ether oxygens (including phenoxy) is 2. The molecular weight excluding hydrogens is 372 g/mol. The van der Waals surface area contributed by atoms with E-state index in [0.717, 1.165) is 10.4 Å². The first-order valence-corrected chi connectivity index (χ1v) is 9.01. The Morgan fingerprint density at radius 2 is 2.00 bits per heavy atom. The lowest BCUT2D eigenvalue weighted by atomic mass is 10.1. The van der Waals surface area contributed by atoms with Gasteiger partial charge in [-0.05, 0) is 29.8 Å². The first-order chi connectivity index (χ1) is 12.6. The van der Waals surface area contributed by atoms with E-state index in [1.807, 2.05) is 24.3 Å². The average molecular weight is 389 g/mol. The largest absolute Gasteiger partial charge is 0.493 e. The van der Waals surface area contributed by atoms with Gasteiger partial charge in [-0.2, -0.15) is 0 Å². The number of rotatable bonds is 6. The molecule has 0 radical (unpaired) electrons. The Kier molecular flexibility index (Phi) is 5.75. The van der Waals surface area contributed by atoms with E-state index in [2.05, 4.69) is 10.3 Å². The number of carbonyl (C=O) groups is 1. The van der Waals surface area contributed by atoms with E-state index in [9.17, 15) is 4.79 Å². The van der Waals surface area contributed by atoms with Gasteiger partial charge in [0.15, 0.2) is 16.6 Å². The van der Waals surface area contributed by atoms with Crippen molar-refractivity contribution in [1.82, 2.24) is 4.98 Å². The third-order valence-electron chi connectivity index (χ3n) is 3.69. The quantitative estimate of drug-likeness (QED) is 0.667. The van der Waals surface area contributed by atoms with Crippen LogP contribution in [0.15, 0.2) is 48.7 Å². The summed E-state index contributed by atoms with van der Waals surface area (Å²) in [5.74, 6) is 0.591. The van der Waals surface area contributed by atoms with Gasteiger partial charge in [-0.15, -0.1) is 11.3 Å². The van der Waals surface area contributed by atoms with Crippen LogP contribution in [0.3, 0.4) is 0 Å². The molecule has 0 atom stereocenters. The van der Waals surface area contributed by atoms with Crippen molar-refractivity contribution in [2.45, 2.75) is 6.42 Å². The molecule has 1 amide bonds. The molecule has 0 aliphatic carbocycles. The van der Waals surface area contributed by atoms with Gasteiger partial charge in [-0.25, -0.2) is 4.98 Å². The fraction of sp³-hybridized carbons (Fsp3) is 0.158. The number of nitrogens with zero attached hydrogens (tertiary/aromatic N) is 1. The van der Waals surface area contributed by atoms with Crippen LogP contribution in [0.2, 0.25) is 5.02 Å². The Morgan fingerprint density at radius 1 is 1.19 bits per heavy atom. The Labute approximate surface area is 160 Å². The Bertz CT molecular complexity index is 927. The number of anilines is 1. The van der Waals surface area contributed by atoms with E-state index >= 15 is 0 Å². The zero-order valence-electron chi connectivity index (χ0n) is 14.3. The predicted octanol–water partition coefficient (Wildman–Crippen LogP) is 4.66. The van der Waals surface area contributed by atoms with E-state index in [-0.39, 0.29) is 5.91 Å². The molecule has 0 fully saturated rings. The van der Waals surface area contributed by atoms with E-state index < -0.39 is 0 Å². The fourth-order valence-electron chi connectivity index (χ4n) is 2.53. The van der Waals surface area contributed by atoms with Crippen LogP contribution in [0, 0.1) is 0 Å². The topological polar surface area (TPSA) is 60.5 Å². The molecule has 0 bridgehead atoms. The molecule has 7 heteroatoms. The molecule has 0 aliphatic rings. The highest BCUT2D eigenvalue weighted by atomic mass is 35.5. The lowest BCUT2D eigenvalue weighted by molar-refractivity contribution is 0.102. The van der Waals surface area contributed by atoms with Crippen LogP contribution in [0.5, 0.6) is 11.5 Å². The van der Waals surface area contributed by atoms with Crippen molar-refractivity contribution in [2.24, 2.45) is 0 Å². The number of halogens is 1. The standard InChI is InChI=1S/C19H17ClN2O3S/c1-24-16-8-4-7-15(17(16)25-2)18(23)22-19-21-11-14(26-19)10-12-5-3-6-13(20)9-12/h3-9,11H,10H2,1-2H3,(H,21,22,23). The van der Waals surface area contributed by atoms with Crippen molar-refractivity contribution < 1.29 is 14.3 Å². The molecule has 0 spiro atoms. The monoisotopic (exact) mass is 388 g/mol. The summed E-state index contributed by atoms with van der Waals surface area (Å²) >= 11 is 7.44. The Hall–Kier alpha value is -2.57. The van der Waals surface area contributed by atoms with E-state index in [4.69, 9.17) is 21.1 Å². The lowest BCUT2D eigenvalue weighted by Gasteiger charge is -2.11. The summed E-state index contributed by atoms with van der Waals surface area (Å²) in [5.41, 5.74) is 1.48. The summed E-state index contributed by atoms with van der Waals surface area (Å²) in [6.45, 7) is 0. The zero-order chi connectivity index (χ0) is 18.5. The van der Waals surface area contributed by atoms with Crippen molar-refractivity contribution in [1.29, 1.82) is 0 Å². The van der Waals surface area contributed by atoms with Gasteiger partial charge in [0.1, 0.15) is 0 Å². The molecule has 2 aromatic carbocycles. The predicted molar refractivity (Wildman–Crippen MR) is 104 cm³/mol. The van der Waals surface area contributed by atoms with Crippen molar-refractivity contribution >= 4 is 34.0 Å². The van der Waals surface area contributed by atoms with Crippen LogP contribution in [-0.2, 0) is 6.42 Å². The highest BCUT2D eigenvalue weighted by molar-refractivity contribution is 7.15. The smallest absolute Gasteiger partial charge is 0.261 e. The fourth-order valence-corrected chi connectivity index (χ4v) is 3.58. The minimum absolute atomic E-state index is 0.301. The van der Waals surface area contributed by atoms with Gasteiger partial charge in [-0.1, -0.05) is 29.8 Å². The molecule has 1 heterocycles. The summed E-state index contributed by atoms with van der Waals surface area (Å²) in [6, 6.07) is 12.8. The first-order valence-electron chi connectivity index (χ1n) is 7.82. The molecule has 0 unspecified atom stereocenters. The molecule has 5 nitrogen and oxygen atoms in total. The minimum atomic E-state index is -0.301. The highest BCUT2D eigenvalue weighted by Gasteiger charge is 2.17. The summed E-state index contributed by atoms with van der Waals surface area (Å²) in [7, 11) is 3.03. The van der Waals surface area contributed by atoms with Crippen molar-refractivity contribution in [3.63, 3.8) is 0 Å². The number of thiazole rings is 1. The summed E-state index contributed by atoms with van der Waals surface area (Å²) < 4.78 is 10.5. The second-order valence-electron chi connectivity index (χ2n) is 5.43. The normalized spacial score (nSPS) is 10.4. The molecule has 26 heavy (non-hydrogen) atoms. The van der Waals surface area contributed by atoms with Crippen LogP contribution >= 0.6 is 22.9 Å². The van der Waals surface area contributed by atoms with Gasteiger partial charge in [0.25, 0.3) is 5.91 Å². The SMILES string of the molecule is COc1cccc(C(=O)Nc2ncc(Cc3cccc(Cl)c3)s2)c1OC. The molecule has 0 saturated carbocycles. The maximum Gasteiger partial charge on any atom is 0.261 e. The van der Waals surface area contributed by atoms with Crippen molar-refractivity contribution in [2.75, 3.05) is 19.5 Å². The first kappa shape index (κ1) is 18.2. The number of methoxy groups -OCH3 is 2. The van der Waals surface area contributed by atoms with Gasteiger partial charge in [-0.3, -0.25) is 10.1 Å². The number of benzene rings is 2. The van der Waals surface area contributed by atoms with E-state index in [1.54, 1.807) is 24.4 Å². The second-order valence-corrected chi connectivity index (χ2v) is 6.99. The van der Waals surface area contributed by atoms with Gasteiger partial charge in [0.2, 0.25) is 0 Å². The second kappa shape index (κ2) is 8.21. The van der Waals surface area contributed by atoms with Gasteiger partial charge < -0.3 is 9.47 Å². The summed E-state index contributed by atoms with van der Waals surface area (Å²) in [5, 5.41) is 4.03. The maximum absolute atomic E-state index is 12.6. The van der Waals surface area contributed by atoms with Crippen LogP contribution < -0.4 is 14.8 Å². The Balaban J connectivity index is 1.74. The lowest BCUT2D eigenvalue weighted by Crippen LogP contribution is -2.13. The minimum Gasteiger partial charge on any atom is -0.493 e. The zero-order valence-corrected chi connectivity index (χ0v) is 15.9. The molecular formula is C19H17ClN2O3S. The number of nitrogens with one attached hydrogen (secondary N) is 1. The van der Waals surface area contributed by atoms with Gasteiger partial charge in [0, 0.05) is 22.5 Å². The summed E-state index contributed by atoms with van der Waals surface area (Å²) in [4.78, 5) is 17.9. The third-order valence-corrected chi connectivity index (χ3v) is 4.84. The molecule has 1 aromatic heterocycles. The average Bonchev–Trinajstić information content (AvgIpc) is 3.07. The van der Waals surface area contributed by atoms with Crippen LogP contribution in [0.4, 0.5) is 5.13 Å². The molecule has 3 aromatic rings. The molecule has 134 valence electrons. The number of hydrogen-bond acceptors (Lipinski definition) is 5. The number of amides is 1. The van der Waals surface area contributed by atoms with Crippen LogP contribution in [0.1, 0.15) is 20.8 Å².